The minimum atomic E-state index is -0.423. The van der Waals surface area contributed by atoms with Crippen LogP contribution in [-0.2, 0) is 0 Å². The minimum Gasteiger partial charge on any atom is -0.388 e. The van der Waals surface area contributed by atoms with Crippen molar-refractivity contribution < 1.29 is 4.92 Å². The van der Waals surface area contributed by atoms with Gasteiger partial charge in [-0.2, -0.15) is 5.26 Å². The molecule has 0 aliphatic carbocycles. The van der Waals surface area contributed by atoms with E-state index in [4.69, 9.17) is 5.26 Å². The third-order valence-corrected chi connectivity index (χ3v) is 2.86. The van der Waals surface area contributed by atoms with Crippen LogP contribution in [0.15, 0.2) is 18.2 Å². The third-order valence-electron chi connectivity index (χ3n) is 2.86. The zero-order valence-electron chi connectivity index (χ0n) is 10.7. The smallest absolute Gasteiger partial charge is 0.273 e. The van der Waals surface area contributed by atoms with Gasteiger partial charge in [-0.1, -0.05) is 0 Å². The fourth-order valence-corrected chi connectivity index (χ4v) is 1.57. The van der Waals surface area contributed by atoms with Gasteiger partial charge in [0, 0.05) is 43.6 Å². The summed E-state index contributed by atoms with van der Waals surface area (Å²) in [7, 11) is 3.53. The maximum absolute atomic E-state index is 10.8. The Morgan fingerprint density at radius 3 is 2.72 bits per heavy atom. The fourth-order valence-electron chi connectivity index (χ4n) is 1.57. The summed E-state index contributed by atoms with van der Waals surface area (Å²) in [4.78, 5) is 12.3. The summed E-state index contributed by atoms with van der Waals surface area (Å²) in [5, 5.41) is 22.4. The van der Waals surface area contributed by atoms with Crippen molar-refractivity contribution in [1.29, 1.82) is 5.26 Å². The molecule has 0 heterocycles. The van der Waals surface area contributed by atoms with E-state index in [1.165, 1.54) is 12.1 Å². The van der Waals surface area contributed by atoms with Gasteiger partial charge in [0.15, 0.2) is 0 Å². The van der Waals surface area contributed by atoms with Crippen molar-refractivity contribution in [2.75, 3.05) is 24.3 Å². The van der Waals surface area contributed by atoms with E-state index in [-0.39, 0.29) is 11.7 Å². The van der Waals surface area contributed by atoms with Crippen LogP contribution < -0.4 is 10.2 Å². The Balaban J connectivity index is 3.11. The van der Waals surface area contributed by atoms with Gasteiger partial charge in [-0.3, -0.25) is 10.1 Å². The van der Waals surface area contributed by atoms with E-state index in [0.29, 0.717) is 12.1 Å². The molecule has 6 nitrogen and oxygen atoms in total. The van der Waals surface area contributed by atoms with Gasteiger partial charge in [0.25, 0.3) is 5.69 Å². The first-order chi connectivity index (χ1) is 8.49. The molecule has 0 bridgehead atoms. The van der Waals surface area contributed by atoms with Gasteiger partial charge in [0.1, 0.15) is 0 Å². The quantitative estimate of drug-likeness (QED) is 0.639. The van der Waals surface area contributed by atoms with Crippen LogP contribution in [0.4, 0.5) is 17.1 Å². The van der Waals surface area contributed by atoms with Crippen molar-refractivity contribution in [1.82, 2.24) is 0 Å². The van der Waals surface area contributed by atoms with E-state index in [9.17, 15) is 10.1 Å². The van der Waals surface area contributed by atoms with Crippen molar-refractivity contribution in [3.05, 3.63) is 28.3 Å². The molecule has 0 saturated carbocycles. The molecule has 0 fully saturated rings. The second-order valence-corrected chi connectivity index (χ2v) is 4.07. The topological polar surface area (TPSA) is 82.2 Å². The molecule has 96 valence electrons. The Bertz CT molecular complexity index is 481. The van der Waals surface area contributed by atoms with E-state index in [0.717, 1.165) is 5.69 Å². The molecular formula is C12H16N4O2. The van der Waals surface area contributed by atoms with E-state index < -0.39 is 4.92 Å². The summed E-state index contributed by atoms with van der Waals surface area (Å²) in [5.41, 5.74) is 1.43. The van der Waals surface area contributed by atoms with E-state index in [2.05, 4.69) is 11.4 Å². The summed E-state index contributed by atoms with van der Waals surface area (Å²) in [6, 6.07) is 6.90. The van der Waals surface area contributed by atoms with Gasteiger partial charge in [0.05, 0.1) is 17.4 Å². The molecule has 0 radical (unpaired) electrons. The summed E-state index contributed by atoms with van der Waals surface area (Å²) in [5.74, 6) is 0. The number of non-ortho nitro benzene ring substituents is 1. The molecule has 0 saturated heterocycles. The Kier molecular flexibility index (Phi) is 4.49. The van der Waals surface area contributed by atoms with Crippen LogP contribution in [0.25, 0.3) is 0 Å². The largest absolute Gasteiger partial charge is 0.388 e. The number of nitrogens with one attached hydrogen (secondary N) is 1. The zero-order valence-corrected chi connectivity index (χ0v) is 10.7. The first-order valence-electron chi connectivity index (χ1n) is 5.56. The lowest BCUT2D eigenvalue weighted by atomic mass is 10.1. The Labute approximate surface area is 106 Å². The van der Waals surface area contributed by atoms with Gasteiger partial charge < -0.3 is 10.2 Å². The van der Waals surface area contributed by atoms with Crippen LogP contribution in [0.5, 0.6) is 0 Å². The number of nitro benzene ring substituents is 1. The number of hydrogen-bond acceptors (Lipinski definition) is 5. The predicted octanol–water partition coefficient (Wildman–Crippen LogP) is 2.37. The van der Waals surface area contributed by atoms with E-state index >= 15 is 0 Å². The molecule has 1 aromatic carbocycles. The van der Waals surface area contributed by atoms with E-state index in [1.807, 2.05) is 24.9 Å². The molecule has 1 N–H and O–H groups in total. The molecule has 1 unspecified atom stereocenters. The second-order valence-electron chi connectivity index (χ2n) is 4.07. The number of rotatable bonds is 5. The maximum atomic E-state index is 10.8. The molecule has 0 amide bonds. The first-order valence-corrected chi connectivity index (χ1v) is 5.56. The Hall–Kier alpha value is -2.29. The highest BCUT2D eigenvalue weighted by molar-refractivity contribution is 5.64. The standard InChI is InChI=1S/C12H16N4O2/c1-9(4-5-13)15(3)11-6-10(14-2)7-12(8-11)16(17)18/h6-9,14H,4H2,1-3H3. The molecule has 0 spiro atoms. The van der Waals surface area contributed by atoms with Crippen LogP contribution in [0.2, 0.25) is 0 Å². The van der Waals surface area contributed by atoms with Crippen LogP contribution in [0.1, 0.15) is 13.3 Å². The van der Waals surface area contributed by atoms with Gasteiger partial charge in [-0.15, -0.1) is 0 Å². The molecule has 1 atom stereocenters. The average molecular weight is 248 g/mol. The normalized spacial score (nSPS) is 11.4. The van der Waals surface area contributed by atoms with Crippen LogP contribution in [0.3, 0.4) is 0 Å². The number of nitro groups is 1. The maximum Gasteiger partial charge on any atom is 0.273 e. The lowest BCUT2D eigenvalue weighted by Gasteiger charge is -2.25. The highest BCUT2D eigenvalue weighted by Gasteiger charge is 2.15. The third kappa shape index (κ3) is 3.10. The summed E-state index contributed by atoms with van der Waals surface area (Å²) in [6.45, 7) is 1.90. The average Bonchev–Trinajstić information content (AvgIpc) is 2.37. The fraction of sp³-hybridized carbons (Fsp3) is 0.417. The van der Waals surface area contributed by atoms with Gasteiger partial charge >= 0.3 is 0 Å². The van der Waals surface area contributed by atoms with Crippen molar-refractivity contribution in [2.45, 2.75) is 19.4 Å². The number of hydrogen-bond donors (Lipinski definition) is 1. The molecule has 0 aliphatic rings. The predicted molar refractivity (Wildman–Crippen MR) is 70.7 cm³/mol. The molecule has 0 aromatic heterocycles. The van der Waals surface area contributed by atoms with Crippen molar-refractivity contribution in [2.24, 2.45) is 0 Å². The van der Waals surface area contributed by atoms with Crippen molar-refractivity contribution in [3.8, 4) is 6.07 Å². The second kappa shape index (κ2) is 5.87. The number of benzene rings is 1. The number of anilines is 2. The van der Waals surface area contributed by atoms with Crippen molar-refractivity contribution in [3.63, 3.8) is 0 Å². The SMILES string of the molecule is CNc1cc(N(C)C(C)CC#N)cc([N+](=O)[O-])c1. The van der Waals surface area contributed by atoms with Crippen LogP contribution >= 0.6 is 0 Å². The summed E-state index contributed by atoms with van der Waals surface area (Å²) in [6.07, 6.45) is 0.369. The molecule has 1 aromatic rings. The highest BCUT2D eigenvalue weighted by atomic mass is 16.6. The summed E-state index contributed by atoms with van der Waals surface area (Å²) >= 11 is 0. The van der Waals surface area contributed by atoms with Gasteiger partial charge in [-0.25, -0.2) is 0 Å². The molecular weight excluding hydrogens is 232 g/mol. The highest BCUT2D eigenvalue weighted by Crippen LogP contribution is 2.27. The molecule has 18 heavy (non-hydrogen) atoms. The van der Waals surface area contributed by atoms with E-state index in [1.54, 1.807) is 7.05 Å². The molecule has 6 heteroatoms. The summed E-state index contributed by atoms with van der Waals surface area (Å²) < 4.78 is 0. The monoisotopic (exact) mass is 248 g/mol. The van der Waals surface area contributed by atoms with Crippen LogP contribution in [0, 0.1) is 21.4 Å². The Morgan fingerprint density at radius 1 is 1.56 bits per heavy atom. The first kappa shape index (κ1) is 13.8. The molecule has 1 rings (SSSR count). The zero-order chi connectivity index (χ0) is 13.7. The lowest BCUT2D eigenvalue weighted by molar-refractivity contribution is -0.384. The number of nitriles is 1. The van der Waals surface area contributed by atoms with Crippen molar-refractivity contribution >= 4 is 17.1 Å². The molecule has 0 aliphatic heterocycles. The minimum absolute atomic E-state index is 0.00158. The van der Waals surface area contributed by atoms with Crippen LogP contribution in [-0.4, -0.2) is 25.1 Å². The Morgan fingerprint density at radius 2 is 2.22 bits per heavy atom. The van der Waals surface area contributed by atoms with Gasteiger partial charge in [-0.05, 0) is 13.0 Å². The van der Waals surface area contributed by atoms with Gasteiger partial charge in [0.2, 0.25) is 0 Å². The number of nitrogens with zero attached hydrogens (tertiary/aromatic N) is 3. The lowest BCUT2D eigenvalue weighted by Crippen LogP contribution is -2.28.